The van der Waals surface area contributed by atoms with Crippen LogP contribution in [0.15, 0.2) is 24.3 Å². The van der Waals surface area contributed by atoms with E-state index in [1.54, 1.807) is 23.5 Å². The van der Waals surface area contributed by atoms with Gasteiger partial charge in [0.25, 0.3) is 0 Å². The van der Waals surface area contributed by atoms with Crippen molar-refractivity contribution in [3.8, 4) is 0 Å². The van der Waals surface area contributed by atoms with Crippen molar-refractivity contribution >= 4 is 16.5 Å². The normalized spacial score (nSPS) is 18.6. The van der Waals surface area contributed by atoms with Crippen molar-refractivity contribution in [2.45, 2.75) is 32.3 Å². The average molecular weight is 321 g/mol. The second-order valence-corrected chi connectivity index (χ2v) is 6.49. The Bertz CT molecular complexity index is 600. The molecule has 1 fully saturated rings. The van der Waals surface area contributed by atoms with Gasteiger partial charge in [-0.1, -0.05) is 23.5 Å². The summed E-state index contributed by atoms with van der Waals surface area (Å²) in [6.45, 7) is 4.68. The zero-order chi connectivity index (χ0) is 15.4. The fourth-order valence-electron chi connectivity index (χ4n) is 2.70. The molecule has 22 heavy (non-hydrogen) atoms. The molecule has 0 saturated carbocycles. The van der Waals surface area contributed by atoms with E-state index in [2.05, 4.69) is 15.1 Å². The molecule has 2 heterocycles. The molecule has 0 N–H and O–H groups in total. The Morgan fingerprint density at radius 2 is 2.14 bits per heavy atom. The second-order valence-electron chi connectivity index (χ2n) is 5.45. The first-order chi connectivity index (χ1) is 10.7. The lowest BCUT2D eigenvalue weighted by Gasteiger charge is -2.31. The average Bonchev–Trinajstić information content (AvgIpc) is 2.99. The number of piperidine rings is 1. The van der Waals surface area contributed by atoms with Crippen molar-refractivity contribution in [1.29, 1.82) is 0 Å². The molecule has 1 aliphatic heterocycles. The second kappa shape index (κ2) is 7.15. The highest BCUT2D eigenvalue weighted by Gasteiger charge is 2.22. The fraction of sp³-hybridized carbons (Fsp3) is 0.500. The summed E-state index contributed by atoms with van der Waals surface area (Å²) < 4.78 is 18.7. The maximum absolute atomic E-state index is 12.9. The number of anilines is 1. The molecule has 1 saturated heterocycles. The third-order valence-corrected chi connectivity index (χ3v) is 4.76. The Kier molecular flexibility index (Phi) is 5.00. The molecule has 2 aromatic rings. The topological polar surface area (TPSA) is 38.2 Å². The Morgan fingerprint density at radius 3 is 2.91 bits per heavy atom. The molecule has 3 rings (SSSR count). The quantitative estimate of drug-likeness (QED) is 0.847. The molecule has 0 spiro atoms. The van der Waals surface area contributed by atoms with E-state index in [1.165, 1.54) is 12.1 Å². The third-order valence-electron chi connectivity index (χ3n) is 3.78. The zero-order valence-corrected chi connectivity index (χ0v) is 13.5. The Balaban J connectivity index is 1.64. The zero-order valence-electron chi connectivity index (χ0n) is 12.7. The number of nitrogens with zero attached hydrogens (tertiary/aromatic N) is 3. The highest BCUT2D eigenvalue weighted by molar-refractivity contribution is 7.15. The summed E-state index contributed by atoms with van der Waals surface area (Å²) in [5.41, 5.74) is 1.05. The molecule has 0 aliphatic carbocycles. The smallest absolute Gasteiger partial charge is 0.208 e. The minimum absolute atomic E-state index is 0.211. The van der Waals surface area contributed by atoms with Gasteiger partial charge in [0.1, 0.15) is 10.8 Å². The standard InChI is InChI=1S/C16H20FN3OS/c1-2-21-14-4-3-9-20(11-14)16-19-18-15(22-16)10-12-5-7-13(17)8-6-12/h5-8,14H,2-4,9-11H2,1H3. The SMILES string of the molecule is CCOC1CCCN(c2nnc(Cc3ccc(F)cc3)s2)C1. The summed E-state index contributed by atoms with van der Waals surface area (Å²) in [5.74, 6) is -0.211. The molecular formula is C16H20FN3OS. The molecule has 118 valence electrons. The summed E-state index contributed by atoms with van der Waals surface area (Å²) in [6, 6.07) is 6.55. The van der Waals surface area contributed by atoms with Gasteiger partial charge >= 0.3 is 0 Å². The van der Waals surface area contributed by atoms with Crippen LogP contribution in [0.25, 0.3) is 0 Å². The minimum atomic E-state index is -0.211. The monoisotopic (exact) mass is 321 g/mol. The van der Waals surface area contributed by atoms with Gasteiger partial charge in [-0.05, 0) is 37.5 Å². The van der Waals surface area contributed by atoms with Crippen LogP contribution in [0.1, 0.15) is 30.3 Å². The number of ether oxygens (including phenoxy) is 1. The number of hydrogen-bond donors (Lipinski definition) is 0. The molecule has 1 aliphatic rings. The molecule has 6 heteroatoms. The first kappa shape index (κ1) is 15.4. The van der Waals surface area contributed by atoms with E-state index in [0.29, 0.717) is 12.5 Å². The first-order valence-electron chi connectivity index (χ1n) is 7.68. The Morgan fingerprint density at radius 1 is 1.32 bits per heavy atom. The van der Waals surface area contributed by atoms with E-state index < -0.39 is 0 Å². The first-order valence-corrected chi connectivity index (χ1v) is 8.49. The van der Waals surface area contributed by atoms with Gasteiger partial charge in [0, 0.05) is 26.1 Å². The van der Waals surface area contributed by atoms with Crippen molar-refractivity contribution < 1.29 is 9.13 Å². The molecule has 1 aromatic heterocycles. The lowest BCUT2D eigenvalue weighted by Crippen LogP contribution is -2.39. The molecular weight excluding hydrogens is 301 g/mol. The van der Waals surface area contributed by atoms with E-state index >= 15 is 0 Å². The summed E-state index contributed by atoms with van der Waals surface area (Å²) in [5, 5.41) is 10.5. The van der Waals surface area contributed by atoms with Crippen molar-refractivity contribution in [3.63, 3.8) is 0 Å². The van der Waals surface area contributed by atoms with Crippen LogP contribution in [0, 0.1) is 5.82 Å². The molecule has 0 radical (unpaired) electrons. The van der Waals surface area contributed by atoms with Gasteiger partial charge in [0.05, 0.1) is 6.10 Å². The van der Waals surface area contributed by atoms with Gasteiger partial charge in [-0.25, -0.2) is 4.39 Å². The van der Waals surface area contributed by atoms with Crippen molar-refractivity contribution in [3.05, 3.63) is 40.7 Å². The molecule has 1 unspecified atom stereocenters. The number of benzene rings is 1. The Labute approximate surface area is 133 Å². The highest BCUT2D eigenvalue weighted by atomic mass is 32.1. The van der Waals surface area contributed by atoms with Gasteiger partial charge in [-0.2, -0.15) is 0 Å². The maximum atomic E-state index is 12.9. The van der Waals surface area contributed by atoms with Gasteiger partial charge in [-0.15, -0.1) is 10.2 Å². The third kappa shape index (κ3) is 3.81. The summed E-state index contributed by atoms with van der Waals surface area (Å²) in [6.07, 6.45) is 3.23. The highest BCUT2D eigenvalue weighted by Crippen LogP contribution is 2.26. The molecule has 1 atom stereocenters. The number of rotatable bonds is 5. The van der Waals surface area contributed by atoms with Crippen LogP contribution in [-0.4, -0.2) is 36.0 Å². The summed E-state index contributed by atoms with van der Waals surface area (Å²) >= 11 is 1.61. The van der Waals surface area contributed by atoms with E-state index in [4.69, 9.17) is 4.74 Å². The van der Waals surface area contributed by atoms with E-state index in [-0.39, 0.29) is 5.82 Å². The maximum Gasteiger partial charge on any atom is 0.208 e. The van der Waals surface area contributed by atoms with Gasteiger partial charge in [0.15, 0.2) is 0 Å². The molecule has 1 aromatic carbocycles. The minimum Gasteiger partial charge on any atom is -0.377 e. The van der Waals surface area contributed by atoms with E-state index in [0.717, 1.165) is 48.2 Å². The Hall–Kier alpha value is -1.53. The van der Waals surface area contributed by atoms with E-state index in [9.17, 15) is 4.39 Å². The van der Waals surface area contributed by atoms with Crippen molar-refractivity contribution in [2.75, 3.05) is 24.6 Å². The number of hydrogen-bond acceptors (Lipinski definition) is 5. The molecule has 0 amide bonds. The van der Waals surface area contributed by atoms with E-state index in [1.807, 2.05) is 6.92 Å². The molecule has 0 bridgehead atoms. The van der Waals surface area contributed by atoms with Crippen molar-refractivity contribution in [1.82, 2.24) is 10.2 Å². The number of aromatic nitrogens is 2. The van der Waals surface area contributed by atoms with Gasteiger partial charge < -0.3 is 9.64 Å². The largest absolute Gasteiger partial charge is 0.377 e. The van der Waals surface area contributed by atoms with Crippen LogP contribution in [0.5, 0.6) is 0 Å². The van der Waals surface area contributed by atoms with Crippen LogP contribution < -0.4 is 4.90 Å². The summed E-state index contributed by atoms with van der Waals surface area (Å²) in [4.78, 5) is 2.26. The van der Waals surface area contributed by atoms with Crippen LogP contribution >= 0.6 is 11.3 Å². The van der Waals surface area contributed by atoms with Gasteiger partial charge in [-0.3, -0.25) is 0 Å². The summed E-state index contributed by atoms with van der Waals surface area (Å²) in [7, 11) is 0. The van der Waals surface area contributed by atoms with Gasteiger partial charge in [0.2, 0.25) is 5.13 Å². The van der Waals surface area contributed by atoms with Crippen LogP contribution in [0.2, 0.25) is 0 Å². The van der Waals surface area contributed by atoms with Crippen LogP contribution in [-0.2, 0) is 11.2 Å². The molecule has 4 nitrogen and oxygen atoms in total. The van der Waals surface area contributed by atoms with Crippen LogP contribution in [0.4, 0.5) is 9.52 Å². The lowest BCUT2D eigenvalue weighted by atomic mass is 10.1. The number of halogens is 1. The predicted molar refractivity (Wildman–Crippen MR) is 86.0 cm³/mol. The van der Waals surface area contributed by atoms with Crippen LogP contribution in [0.3, 0.4) is 0 Å². The van der Waals surface area contributed by atoms with Crippen molar-refractivity contribution in [2.24, 2.45) is 0 Å². The fourth-order valence-corrected chi connectivity index (χ4v) is 3.61. The lowest BCUT2D eigenvalue weighted by molar-refractivity contribution is 0.0526. The predicted octanol–water partition coefficient (Wildman–Crippen LogP) is 3.27.